The van der Waals surface area contributed by atoms with Gasteiger partial charge in [0.25, 0.3) is 0 Å². The van der Waals surface area contributed by atoms with Crippen LogP contribution in [0.15, 0.2) is 60.7 Å². The molecule has 0 aromatic heterocycles. The quantitative estimate of drug-likeness (QED) is 0.795. The maximum absolute atomic E-state index is 13.1. The highest BCUT2D eigenvalue weighted by atomic mass is 16.5. The average Bonchev–Trinajstić information content (AvgIpc) is 2.89. The topological polar surface area (TPSA) is 29.5 Å². The van der Waals surface area contributed by atoms with Crippen LogP contribution >= 0.6 is 0 Å². The molecule has 2 unspecified atom stereocenters. The zero-order valence-electron chi connectivity index (χ0n) is 14.7. The zero-order valence-corrected chi connectivity index (χ0v) is 14.7. The number of rotatable bonds is 4. The number of hydrogen-bond donors (Lipinski definition) is 0. The first-order valence-electron chi connectivity index (χ1n) is 9.21. The van der Waals surface area contributed by atoms with Gasteiger partial charge in [0.1, 0.15) is 12.0 Å². The normalized spacial score (nSPS) is 25.9. The average molecular weight is 335 g/mol. The predicted molar refractivity (Wildman–Crippen MR) is 98.4 cm³/mol. The summed E-state index contributed by atoms with van der Waals surface area (Å²) in [5.74, 6) is 0.208. The van der Waals surface area contributed by atoms with E-state index < -0.39 is 0 Å². The summed E-state index contributed by atoms with van der Waals surface area (Å²) in [4.78, 5) is 15.5. The van der Waals surface area contributed by atoms with Gasteiger partial charge in [-0.05, 0) is 43.4 Å². The molecule has 1 saturated carbocycles. The summed E-state index contributed by atoms with van der Waals surface area (Å²) in [5, 5.41) is 0. The van der Waals surface area contributed by atoms with E-state index in [4.69, 9.17) is 4.74 Å². The Hall–Kier alpha value is -2.13. The molecule has 2 fully saturated rings. The molecule has 3 nitrogen and oxygen atoms in total. The molecular formula is C22H25NO2. The number of carbonyl (C=O) groups is 1. The number of esters is 1. The maximum Gasteiger partial charge on any atom is 0.318 e. The summed E-state index contributed by atoms with van der Waals surface area (Å²) in [6.07, 6.45) is 3.28. The smallest absolute Gasteiger partial charge is 0.318 e. The lowest BCUT2D eigenvalue weighted by Crippen LogP contribution is -2.33. The Morgan fingerprint density at radius 1 is 0.960 bits per heavy atom. The number of nitrogens with zero attached hydrogens (tertiary/aromatic N) is 1. The van der Waals surface area contributed by atoms with Crippen molar-refractivity contribution in [3.05, 3.63) is 71.8 Å². The van der Waals surface area contributed by atoms with Crippen LogP contribution in [0.25, 0.3) is 0 Å². The number of fused-ring (bicyclic) bond motifs is 2. The van der Waals surface area contributed by atoms with Crippen LogP contribution in [-0.4, -0.2) is 36.6 Å². The molecule has 3 atom stereocenters. The van der Waals surface area contributed by atoms with Crippen LogP contribution in [0.5, 0.6) is 0 Å². The molecular weight excluding hydrogens is 310 g/mol. The fourth-order valence-corrected chi connectivity index (χ4v) is 4.50. The van der Waals surface area contributed by atoms with Crippen molar-refractivity contribution in [1.82, 2.24) is 4.90 Å². The molecule has 2 aromatic rings. The van der Waals surface area contributed by atoms with Crippen LogP contribution in [0.1, 0.15) is 36.3 Å². The van der Waals surface area contributed by atoms with Gasteiger partial charge in [0, 0.05) is 12.6 Å². The molecule has 1 heterocycles. The highest BCUT2D eigenvalue weighted by molar-refractivity contribution is 5.82. The summed E-state index contributed by atoms with van der Waals surface area (Å²) >= 11 is 0. The minimum absolute atomic E-state index is 0.0520. The van der Waals surface area contributed by atoms with Crippen LogP contribution in [0.3, 0.4) is 0 Å². The zero-order chi connectivity index (χ0) is 17.2. The molecule has 2 bridgehead atoms. The number of ether oxygens (including phenoxy) is 1. The van der Waals surface area contributed by atoms with Gasteiger partial charge in [-0.1, -0.05) is 60.7 Å². The number of carbonyl (C=O) groups excluding carboxylic acids is 1. The SMILES string of the molecule is CN1CC2CC1C[C@@H](OC(=O)C(c1ccccc1)c1ccccc1)C2. The lowest BCUT2D eigenvalue weighted by Gasteiger charge is -2.29. The fraction of sp³-hybridized carbons (Fsp3) is 0.409. The Balaban J connectivity index is 1.54. The van der Waals surface area contributed by atoms with Gasteiger partial charge in [-0.15, -0.1) is 0 Å². The van der Waals surface area contributed by atoms with E-state index in [9.17, 15) is 4.79 Å². The van der Waals surface area contributed by atoms with Gasteiger partial charge in [0.2, 0.25) is 0 Å². The third-order valence-corrected chi connectivity index (χ3v) is 5.69. The molecule has 0 N–H and O–H groups in total. The van der Waals surface area contributed by atoms with Crippen molar-refractivity contribution in [2.75, 3.05) is 13.6 Å². The first kappa shape index (κ1) is 16.3. The van der Waals surface area contributed by atoms with E-state index in [0.29, 0.717) is 12.0 Å². The van der Waals surface area contributed by atoms with Crippen LogP contribution < -0.4 is 0 Å². The van der Waals surface area contributed by atoms with Crippen molar-refractivity contribution in [3.8, 4) is 0 Å². The van der Waals surface area contributed by atoms with Gasteiger partial charge in [-0.3, -0.25) is 4.79 Å². The highest BCUT2D eigenvalue weighted by Crippen LogP contribution is 2.37. The lowest BCUT2D eigenvalue weighted by molar-refractivity contribution is -0.152. The minimum Gasteiger partial charge on any atom is -0.462 e. The number of benzene rings is 2. The third-order valence-electron chi connectivity index (χ3n) is 5.69. The van der Waals surface area contributed by atoms with Crippen molar-refractivity contribution in [2.24, 2.45) is 5.92 Å². The summed E-state index contributed by atoms with van der Waals surface area (Å²) < 4.78 is 6.03. The largest absolute Gasteiger partial charge is 0.462 e. The Bertz CT molecular complexity index is 674. The van der Waals surface area contributed by atoms with Gasteiger partial charge in [-0.25, -0.2) is 0 Å². The Morgan fingerprint density at radius 3 is 2.12 bits per heavy atom. The van der Waals surface area contributed by atoms with Crippen LogP contribution in [-0.2, 0) is 9.53 Å². The van der Waals surface area contributed by atoms with Gasteiger partial charge < -0.3 is 9.64 Å². The first-order valence-corrected chi connectivity index (χ1v) is 9.21. The summed E-state index contributed by atoms with van der Waals surface area (Å²) in [6, 6.07) is 20.5. The fourth-order valence-electron chi connectivity index (χ4n) is 4.50. The van der Waals surface area contributed by atoms with E-state index in [1.165, 1.54) is 6.42 Å². The van der Waals surface area contributed by atoms with Crippen LogP contribution in [0.4, 0.5) is 0 Å². The molecule has 1 saturated heterocycles. The molecule has 0 amide bonds. The van der Waals surface area contributed by atoms with E-state index >= 15 is 0 Å². The van der Waals surface area contributed by atoms with Gasteiger partial charge in [-0.2, -0.15) is 0 Å². The van der Waals surface area contributed by atoms with Gasteiger partial charge >= 0.3 is 5.97 Å². The Kier molecular flexibility index (Phi) is 4.58. The van der Waals surface area contributed by atoms with E-state index in [1.807, 2.05) is 60.7 Å². The summed E-state index contributed by atoms with van der Waals surface area (Å²) in [5.41, 5.74) is 1.99. The minimum atomic E-state index is -0.347. The van der Waals surface area contributed by atoms with Crippen molar-refractivity contribution in [1.29, 1.82) is 0 Å². The Morgan fingerprint density at radius 2 is 1.56 bits per heavy atom. The molecule has 25 heavy (non-hydrogen) atoms. The van der Waals surface area contributed by atoms with E-state index in [0.717, 1.165) is 30.5 Å². The van der Waals surface area contributed by atoms with E-state index in [-0.39, 0.29) is 18.0 Å². The van der Waals surface area contributed by atoms with Gasteiger partial charge in [0.05, 0.1) is 0 Å². The molecule has 2 aromatic carbocycles. The highest BCUT2D eigenvalue weighted by Gasteiger charge is 2.39. The number of hydrogen-bond acceptors (Lipinski definition) is 3. The standard InChI is InChI=1S/C22H25NO2/c1-23-15-16-12-19(23)14-20(13-16)25-22(24)21(17-8-4-2-5-9-17)18-10-6-3-7-11-18/h2-11,16,19-21H,12-15H2,1H3/t16?,19?,20-/m0/s1. The van der Waals surface area contributed by atoms with E-state index in [2.05, 4.69) is 11.9 Å². The molecule has 0 spiro atoms. The van der Waals surface area contributed by atoms with Gasteiger partial charge in [0.15, 0.2) is 0 Å². The maximum atomic E-state index is 13.1. The monoisotopic (exact) mass is 335 g/mol. The van der Waals surface area contributed by atoms with Crippen molar-refractivity contribution in [2.45, 2.75) is 37.3 Å². The summed E-state index contributed by atoms with van der Waals surface area (Å²) in [6.45, 7) is 1.14. The van der Waals surface area contributed by atoms with Crippen molar-refractivity contribution in [3.63, 3.8) is 0 Å². The lowest BCUT2D eigenvalue weighted by atomic mass is 9.87. The second-order valence-corrected chi connectivity index (χ2v) is 7.48. The predicted octanol–water partition coefficient (Wildman–Crippen LogP) is 3.84. The van der Waals surface area contributed by atoms with Crippen LogP contribution in [0, 0.1) is 5.92 Å². The molecule has 0 radical (unpaired) electrons. The second kappa shape index (κ2) is 7.01. The molecule has 1 aliphatic carbocycles. The van der Waals surface area contributed by atoms with Crippen molar-refractivity contribution < 1.29 is 9.53 Å². The molecule has 2 aliphatic rings. The third kappa shape index (κ3) is 3.47. The first-order chi connectivity index (χ1) is 12.2. The molecule has 3 heteroatoms. The van der Waals surface area contributed by atoms with Crippen LogP contribution in [0.2, 0.25) is 0 Å². The molecule has 1 aliphatic heterocycles. The Labute approximate surface area is 149 Å². The molecule has 130 valence electrons. The second-order valence-electron chi connectivity index (χ2n) is 7.48. The van der Waals surface area contributed by atoms with Crippen molar-refractivity contribution >= 4 is 5.97 Å². The molecule has 4 rings (SSSR count). The van der Waals surface area contributed by atoms with E-state index in [1.54, 1.807) is 0 Å². The summed E-state index contributed by atoms with van der Waals surface area (Å²) in [7, 11) is 2.19. The number of likely N-dealkylation sites (tertiary alicyclic amines) is 1.